The van der Waals surface area contributed by atoms with Gasteiger partial charge < -0.3 is 0 Å². The van der Waals surface area contributed by atoms with Crippen LogP contribution in [0.25, 0.3) is 0 Å². The Morgan fingerprint density at radius 3 is 1.85 bits per heavy atom. The molecule has 2 rings (SSSR count). The zero-order valence-electron chi connectivity index (χ0n) is 14.5. The number of halogens is 1. The molecule has 0 saturated carbocycles. The molecule has 0 unspecified atom stereocenters. The first-order valence-corrected chi connectivity index (χ1v) is 11.0. The quantitative estimate of drug-likeness (QED) is 0.737. The van der Waals surface area contributed by atoms with Gasteiger partial charge in [0.1, 0.15) is 5.82 Å². The third kappa shape index (κ3) is 4.67. The molecule has 0 fully saturated rings. The number of nitrogens with one attached hydrogen (secondary N) is 1. The van der Waals surface area contributed by atoms with E-state index in [1.54, 1.807) is 13.8 Å². The molecule has 0 aromatic heterocycles. The van der Waals surface area contributed by atoms with Crippen LogP contribution in [0.15, 0.2) is 58.3 Å². The summed E-state index contributed by atoms with van der Waals surface area (Å²) in [4.78, 5) is -0.00297. The lowest BCUT2D eigenvalue weighted by Crippen LogP contribution is -2.30. The molecule has 0 atom stereocenters. The normalized spacial score (nSPS) is 12.5. The number of hydrogen-bond acceptors (Lipinski definition) is 4. The molecule has 0 amide bonds. The summed E-state index contributed by atoms with van der Waals surface area (Å²) in [5, 5.41) is 0. The minimum atomic E-state index is -3.81. The Bertz CT molecular complexity index is 937. The van der Waals surface area contributed by atoms with E-state index in [4.69, 9.17) is 0 Å². The fourth-order valence-corrected chi connectivity index (χ4v) is 4.84. The molecule has 2 aromatic carbocycles. The van der Waals surface area contributed by atoms with Gasteiger partial charge in [-0.2, -0.15) is 4.31 Å². The number of hydrogen-bond donors (Lipinski definition) is 1. The van der Waals surface area contributed by atoms with Gasteiger partial charge in [-0.3, -0.25) is 0 Å². The monoisotopic (exact) mass is 400 g/mol. The Morgan fingerprint density at radius 1 is 0.846 bits per heavy atom. The van der Waals surface area contributed by atoms with Gasteiger partial charge in [-0.1, -0.05) is 26.0 Å². The van der Waals surface area contributed by atoms with Crippen molar-refractivity contribution in [2.24, 2.45) is 0 Å². The van der Waals surface area contributed by atoms with Crippen molar-refractivity contribution in [2.75, 3.05) is 13.1 Å². The lowest BCUT2D eigenvalue weighted by molar-refractivity contribution is 0.445. The van der Waals surface area contributed by atoms with Gasteiger partial charge in [0, 0.05) is 19.6 Å². The fourth-order valence-electron chi connectivity index (χ4n) is 2.37. The lowest BCUT2D eigenvalue weighted by atomic mass is 10.2. The Hall–Kier alpha value is -1.81. The van der Waals surface area contributed by atoms with Crippen LogP contribution in [0, 0.1) is 5.82 Å². The SMILES string of the molecule is CCN(CC)S(=O)(=O)c1ccc(S(=O)(=O)NCc2ccc(F)cc2)cc1. The maximum absolute atomic E-state index is 12.9. The van der Waals surface area contributed by atoms with E-state index in [1.165, 1.54) is 52.8 Å². The van der Waals surface area contributed by atoms with Gasteiger partial charge >= 0.3 is 0 Å². The van der Waals surface area contributed by atoms with Crippen LogP contribution in [0.4, 0.5) is 4.39 Å². The first-order chi connectivity index (χ1) is 12.2. The third-order valence-electron chi connectivity index (χ3n) is 3.86. The molecule has 0 aliphatic carbocycles. The molecule has 0 aliphatic rings. The summed E-state index contributed by atoms with van der Waals surface area (Å²) in [6.45, 7) is 4.14. The molecule has 9 heteroatoms. The van der Waals surface area contributed by atoms with E-state index in [0.29, 0.717) is 18.7 Å². The standard InChI is InChI=1S/C17H21FN2O4S2/c1-3-20(4-2)26(23,24)17-11-9-16(10-12-17)25(21,22)19-13-14-5-7-15(18)8-6-14/h5-12,19H,3-4,13H2,1-2H3. The van der Waals surface area contributed by atoms with Gasteiger partial charge in [-0.05, 0) is 42.0 Å². The molecule has 0 radical (unpaired) electrons. The predicted molar refractivity (Wildman–Crippen MR) is 97.0 cm³/mol. The maximum Gasteiger partial charge on any atom is 0.243 e. The molecular weight excluding hydrogens is 379 g/mol. The third-order valence-corrected chi connectivity index (χ3v) is 7.34. The summed E-state index contributed by atoms with van der Waals surface area (Å²) in [7, 11) is -7.45. The van der Waals surface area contributed by atoms with E-state index in [2.05, 4.69) is 4.72 Å². The molecule has 142 valence electrons. The van der Waals surface area contributed by atoms with Crippen molar-refractivity contribution in [2.45, 2.75) is 30.2 Å². The van der Waals surface area contributed by atoms with Crippen LogP contribution in [0.1, 0.15) is 19.4 Å². The largest absolute Gasteiger partial charge is 0.243 e. The van der Waals surface area contributed by atoms with Gasteiger partial charge in [0.25, 0.3) is 0 Å². The van der Waals surface area contributed by atoms with E-state index < -0.39 is 25.9 Å². The Morgan fingerprint density at radius 2 is 1.35 bits per heavy atom. The summed E-state index contributed by atoms with van der Waals surface area (Å²) in [5.41, 5.74) is 0.607. The molecule has 6 nitrogen and oxygen atoms in total. The Kier molecular flexibility index (Phi) is 6.51. The highest BCUT2D eigenvalue weighted by Gasteiger charge is 2.22. The Balaban J connectivity index is 2.17. The van der Waals surface area contributed by atoms with Crippen molar-refractivity contribution in [3.05, 3.63) is 59.9 Å². The van der Waals surface area contributed by atoms with Crippen LogP contribution in [-0.4, -0.2) is 34.2 Å². The average Bonchev–Trinajstić information content (AvgIpc) is 2.62. The predicted octanol–water partition coefficient (Wildman–Crippen LogP) is 2.33. The summed E-state index contributed by atoms with van der Waals surface area (Å²) in [6, 6.07) is 10.5. The first-order valence-electron chi connectivity index (χ1n) is 8.05. The van der Waals surface area contributed by atoms with Crippen LogP contribution in [0.2, 0.25) is 0 Å². The molecule has 0 bridgehead atoms. The zero-order valence-corrected chi connectivity index (χ0v) is 16.1. The highest BCUT2D eigenvalue weighted by Crippen LogP contribution is 2.18. The van der Waals surface area contributed by atoms with Crippen LogP contribution in [-0.2, 0) is 26.6 Å². The second-order valence-corrected chi connectivity index (χ2v) is 9.22. The molecular formula is C17H21FN2O4S2. The summed E-state index contributed by atoms with van der Waals surface area (Å²) in [6.07, 6.45) is 0. The van der Waals surface area contributed by atoms with Gasteiger partial charge in [0.05, 0.1) is 9.79 Å². The highest BCUT2D eigenvalue weighted by molar-refractivity contribution is 7.89. The summed E-state index contributed by atoms with van der Waals surface area (Å²) >= 11 is 0. The van der Waals surface area contributed by atoms with Gasteiger partial charge in [-0.25, -0.2) is 25.9 Å². The molecule has 0 saturated heterocycles. The maximum atomic E-state index is 12.9. The number of nitrogens with zero attached hydrogens (tertiary/aromatic N) is 1. The lowest BCUT2D eigenvalue weighted by Gasteiger charge is -2.18. The zero-order chi connectivity index (χ0) is 19.4. The second kappa shape index (κ2) is 8.26. The summed E-state index contributed by atoms with van der Waals surface area (Å²) < 4.78 is 66.1. The molecule has 26 heavy (non-hydrogen) atoms. The Labute approximate surface area is 153 Å². The van der Waals surface area contributed by atoms with Crippen molar-refractivity contribution in [1.29, 1.82) is 0 Å². The topological polar surface area (TPSA) is 83.6 Å². The average molecular weight is 400 g/mol. The van der Waals surface area contributed by atoms with Crippen LogP contribution in [0.3, 0.4) is 0 Å². The molecule has 0 aliphatic heterocycles. The number of rotatable bonds is 8. The van der Waals surface area contributed by atoms with Crippen LogP contribution in [0.5, 0.6) is 0 Å². The molecule has 1 N–H and O–H groups in total. The van der Waals surface area contributed by atoms with Crippen molar-refractivity contribution in [3.63, 3.8) is 0 Å². The van der Waals surface area contributed by atoms with Gasteiger partial charge in [-0.15, -0.1) is 0 Å². The number of sulfonamides is 2. The minimum absolute atomic E-state index is 0.00209. The van der Waals surface area contributed by atoms with Crippen LogP contribution >= 0.6 is 0 Å². The molecule has 0 spiro atoms. The fraction of sp³-hybridized carbons (Fsp3) is 0.294. The summed E-state index contributed by atoms with van der Waals surface area (Å²) in [5.74, 6) is -0.401. The van der Waals surface area contributed by atoms with Crippen LogP contribution < -0.4 is 4.72 Å². The van der Waals surface area contributed by atoms with Gasteiger partial charge in [0.2, 0.25) is 20.0 Å². The second-order valence-electron chi connectivity index (χ2n) is 5.51. The van der Waals surface area contributed by atoms with E-state index in [9.17, 15) is 21.2 Å². The minimum Gasteiger partial charge on any atom is -0.207 e. The van der Waals surface area contributed by atoms with E-state index >= 15 is 0 Å². The van der Waals surface area contributed by atoms with Gasteiger partial charge in [0.15, 0.2) is 0 Å². The van der Waals surface area contributed by atoms with Crippen molar-refractivity contribution >= 4 is 20.0 Å². The van der Waals surface area contributed by atoms with E-state index in [-0.39, 0.29) is 16.3 Å². The highest BCUT2D eigenvalue weighted by atomic mass is 32.2. The van der Waals surface area contributed by atoms with Crippen molar-refractivity contribution in [1.82, 2.24) is 9.03 Å². The first kappa shape index (κ1) is 20.5. The van der Waals surface area contributed by atoms with E-state index in [0.717, 1.165) is 0 Å². The van der Waals surface area contributed by atoms with Crippen molar-refractivity contribution in [3.8, 4) is 0 Å². The smallest absolute Gasteiger partial charge is 0.207 e. The van der Waals surface area contributed by atoms with Crippen molar-refractivity contribution < 1.29 is 21.2 Å². The molecule has 0 heterocycles. The van der Waals surface area contributed by atoms with E-state index in [1.807, 2.05) is 0 Å². The molecule has 2 aromatic rings. The number of benzene rings is 2.